The SMILES string of the molecule is C1CCC([BH-](C2CCCC2)C2CCCC2)C1. The van der Waals surface area contributed by atoms with E-state index in [9.17, 15) is 0 Å². The van der Waals surface area contributed by atoms with Crippen LogP contribution in [0.3, 0.4) is 0 Å². The van der Waals surface area contributed by atoms with Crippen LogP contribution < -0.4 is 0 Å². The standard InChI is InChI=1S/C15H28B/c1-2-8-13(7-1)16(14-9-3-4-10-14)15-11-5-6-12-15/h13-16H,1-12H2/q-1. The molecule has 3 fully saturated rings. The lowest BCUT2D eigenvalue weighted by atomic mass is 9.27. The zero-order valence-corrected chi connectivity index (χ0v) is 10.9. The van der Waals surface area contributed by atoms with Crippen molar-refractivity contribution in [3.8, 4) is 0 Å². The van der Waals surface area contributed by atoms with Gasteiger partial charge in [-0.05, 0) is 6.71 Å². The van der Waals surface area contributed by atoms with E-state index >= 15 is 0 Å². The Labute approximate surface area is 102 Å². The predicted molar refractivity (Wildman–Crippen MR) is 73.8 cm³/mol. The third-order valence-corrected chi connectivity index (χ3v) is 6.42. The first-order valence-corrected chi connectivity index (χ1v) is 8.17. The van der Waals surface area contributed by atoms with Crippen LogP contribution in [0.4, 0.5) is 0 Å². The van der Waals surface area contributed by atoms with Gasteiger partial charge in [-0.25, -0.2) is 0 Å². The van der Waals surface area contributed by atoms with Crippen molar-refractivity contribution in [2.75, 3.05) is 0 Å². The minimum Gasteiger partial charge on any atom is -0.169 e. The van der Waals surface area contributed by atoms with E-state index in [1.165, 1.54) is 17.5 Å². The summed E-state index contributed by atoms with van der Waals surface area (Å²) >= 11 is 0. The van der Waals surface area contributed by atoms with Gasteiger partial charge in [0.15, 0.2) is 0 Å². The van der Waals surface area contributed by atoms with Gasteiger partial charge in [0.2, 0.25) is 0 Å². The highest BCUT2D eigenvalue weighted by Gasteiger charge is 2.33. The molecule has 0 heterocycles. The first kappa shape index (κ1) is 11.2. The highest BCUT2D eigenvalue weighted by molar-refractivity contribution is 6.63. The van der Waals surface area contributed by atoms with E-state index in [0.717, 1.165) is 0 Å². The molecule has 3 rings (SSSR count). The van der Waals surface area contributed by atoms with E-state index < -0.39 is 0 Å². The Kier molecular flexibility index (Phi) is 3.59. The molecule has 3 saturated carbocycles. The molecule has 3 aliphatic carbocycles. The maximum absolute atomic E-state index is 1.62. The van der Waals surface area contributed by atoms with Gasteiger partial charge in [0, 0.05) is 0 Å². The molecule has 0 amide bonds. The van der Waals surface area contributed by atoms with Crippen LogP contribution in [0.15, 0.2) is 0 Å². The summed E-state index contributed by atoms with van der Waals surface area (Å²) in [6, 6.07) is 0. The zero-order valence-electron chi connectivity index (χ0n) is 10.9. The molecule has 0 unspecified atom stereocenters. The fourth-order valence-corrected chi connectivity index (χ4v) is 5.86. The van der Waals surface area contributed by atoms with Crippen molar-refractivity contribution < 1.29 is 0 Å². The Morgan fingerprint density at radius 1 is 0.438 bits per heavy atom. The predicted octanol–water partition coefficient (Wildman–Crippen LogP) is 5.05. The lowest BCUT2D eigenvalue weighted by Crippen LogP contribution is -2.29. The maximum Gasteiger partial charge on any atom is -0.00662 e. The summed E-state index contributed by atoms with van der Waals surface area (Å²) in [5.41, 5.74) is 0. The van der Waals surface area contributed by atoms with Crippen molar-refractivity contribution in [1.82, 2.24) is 0 Å². The second-order valence-corrected chi connectivity index (χ2v) is 7.16. The van der Waals surface area contributed by atoms with Crippen LogP contribution in [0.1, 0.15) is 77.0 Å². The minimum atomic E-state index is 0.229. The summed E-state index contributed by atoms with van der Waals surface area (Å²) in [5.74, 6) is 3.68. The van der Waals surface area contributed by atoms with E-state index in [1.54, 1.807) is 77.0 Å². The number of rotatable bonds is 3. The van der Waals surface area contributed by atoms with Crippen LogP contribution in [0.25, 0.3) is 0 Å². The second kappa shape index (κ2) is 5.15. The normalized spacial score (nSPS) is 29.8. The van der Waals surface area contributed by atoms with E-state index in [1.807, 2.05) is 0 Å². The van der Waals surface area contributed by atoms with Gasteiger partial charge in [-0.3, -0.25) is 0 Å². The molecule has 0 N–H and O–H groups in total. The highest BCUT2D eigenvalue weighted by atomic mass is 14.3. The molecule has 0 radical (unpaired) electrons. The third kappa shape index (κ3) is 2.20. The van der Waals surface area contributed by atoms with Crippen molar-refractivity contribution >= 4 is 6.71 Å². The van der Waals surface area contributed by atoms with Crippen molar-refractivity contribution in [1.29, 1.82) is 0 Å². The molecule has 92 valence electrons. The summed E-state index contributed by atoms with van der Waals surface area (Å²) < 4.78 is 0. The molecular weight excluding hydrogens is 191 g/mol. The number of hydrogen-bond donors (Lipinski definition) is 0. The lowest BCUT2D eigenvalue weighted by Gasteiger charge is -2.41. The van der Waals surface area contributed by atoms with Crippen LogP contribution in [-0.2, 0) is 0 Å². The minimum absolute atomic E-state index is 0.229. The summed E-state index contributed by atoms with van der Waals surface area (Å²) in [6.07, 6.45) is 19.1. The van der Waals surface area contributed by atoms with Crippen LogP contribution in [0.5, 0.6) is 0 Å². The maximum atomic E-state index is 1.62. The van der Waals surface area contributed by atoms with Gasteiger partial charge in [-0.2, -0.15) is 17.5 Å². The fraction of sp³-hybridized carbons (Fsp3) is 1.00. The smallest absolute Gasteiger partial charge is 0.00662 e. The molecule has 0 aromatic carbocycles. The molecule has 3 aliphatic rings. The zero-order chi connectivity index (χ0) is 10.8. The highest BCUT2D eigenvalue weighted by Crippen LogP contribution is 2.51. The molecule has 0 bridgehead atoms. The Morgan fingerprint density at radius 2 is 0.688 bits per heavy atom. The van der Waals surface area contributed by atoms with Crippen molar-refractivity contribution in [2.45, 2.75) is 94.5 Å². The van der Waals surface area contributed by atoms with E-state index in [-0.39, 0.29) is 6.71 Å². The van der Waals surface area contributed by atoms with Crippen LogP contribution in [0.2, 0.25) is 17.5 Å². The summed E-state index contributed by atoms with van der Waals surface area (Å²) in [7, 11) is 0. The quantitative estimate of drug-likeness (QED) is 0.583. The first-order valence-electron chi connectivity index (χ1n) is 8.17. The van der Waals surface area contributed by atoms with Crippen molar-refractivity contribution in [3.63, 3.8) is 0 Å². The summed E-state index contributed by atoms with van der Waals surface area (Å²) in [5, 5.41) is 0. The van der Waals surface area contributed by atoms with E-state index in [2.05, 4.69) is 0 Å². The van der Waals surface area contributed by atoms with Gasteiger partial charge < -0.3 is 0 Å². The van der Waals surface area contributed by atoms with Crippen LogP contribution in [-0.4, -0.2) is 6.71 Å². The van der Waals surface area contributed by atoms with Gasteiger partial charge in [0.25, 0.3) is 0 Å². The van der Waals surface area contributed by atoms with E-state index in [4.69, 9.17) is 0 Å². The Bertz CT molecular complexity index is 169. The fourth-order valence-electron chi connectivity index (χ4n) is 5.86. The average Bonchev–Trinajstić information content (AvgIpc) is 3.02. The largest absolute Gasteiger partial charge is 0.169 e. The Hall–Kier alpha value is 0.0649. The topological polar surface area (TPSA) is 0 Å². The molecule has 0 spiro atoms. The summed E-state index contributed by atoms with van der Waals surface area (Å²) in [6.45, 7) is 0.229. The lowest BCUT2D eigenvalue weighted by molar-refractivity contribution is 0.709. The van der Waals surface area contributed by atoms with Crippen molar-refractivity contribution in [2.24, 2.45) is 0 Å². The Morgan fingerprint density at radius 3 is 0.938 bits per heavy atom. The molecule has 0 aromatic rings. The first-order chi connectivity index (χ1) is 7.95. The van der Waals surface area contributed by atoms with Crippen LogP contribution >= 0.6 is 0 Å². The van der Waals surface area contributed by atoms with Crippen molar-refractivity contribution in [3.05, 3.63) is 0 Å². The molecule has 0 nitrogen and oxygen atoms in total. The Balaban J connectivity index is 1.70. The van der Waals surface area contributed by atoms with Gasteiger partial charge in [-0.15, -0.1) is 0 Å². The van der Waals surface area contributed by atoms with Gasteiger partial charge in [0.05, 0.1) is 0 Å². The average molecular weight is 219 g/mol. The molecule has 16 heavy (non-hydrogen) atoms. The molecule has 0 atom stereocenters. The van der Waals surface area contributed by atoms with E-state index in [0.29, 0.717) is 0 Å². The third-order valence-electron chi connectivity index (χ3n) is 6.42. The van der Waals surface area contributed by atoms with Gasteiger partial charge >= 0.3 is 0 Å². The summed E-state index contributed by atoms with van der Waals surface area (Å²) in [4.78, 5) is 0. The van der Waals surface area contributed by atoms with Gasteiger partial charge in [-0.1, -0.05) is 77.0 Å². The molecular formula is C15H28B-. The van der Waals surface area contributed by atoms with Crippen LogP contribution in [0, 0.1) is 0 Å². The molecule has 0 aromatic heterocycles. The second-order valence-electron chi connectivity index (χ2n) is 7.16. The monoisotopic (exact) mass is 219 g/mol. The molecule has 1 heteroatoms. The van der Waals surface area contributed by atoms with Gasteiger partial charge in [0.1, 0.15) is 0 Å². The number of hydrogen-bond acceptors (Lipinski definition) is 0. The molecule has 0 aliphatic heterocycles. The molecule has 0 saturated heterocycles.